The van der Waals surface area contributed by atoms with Crippen LogP contribution in [0, 0.1) is 0 Å². The van der Waals surface area contributed by atoms with Gasteiger partial charge in [0.2, 0.25) is 0 Å². The number of nitrogens with zero attached hydrogens (tertiary/aromatic N) is 3. The molecule has 0 amide bonds. The fraction of sp³-hybridized carbons (Fsp3) is 1.00. The molecule has 1 heterocycles. The average molecular weight is 241 g/mol. The molecule has 5 heteroatoms. The van der Waals surface area contributed by atoms with Gasteiger partial charge >= 0.3 is 0 Å². The molecule has 1 saturated heterocycles. The predicted molar refractivity (Wildman–Crippen MR) is 66.6 cm³/mol. The van der Waals surface area contributed by atoms with Crippen LogP contribution in [0.1, 0.15) is 52.9 Å². The average Bonchev–Trinajstić information content (AvgIpc) is 2.63. The van der Waals surface area contributed by atoms with E-state index >= 15 is 0 Å². The van der Waals surface area contributed by atoms with E-state index in [-0.39, 0.29) is 12.1 Å². The van der Waals surface area contributed by atoms with Crippen molar-refractivity contribution in [1.82, 2.24) is 0 Å². The summed E-state index contributed by atoms with van der Waals surface area (Å²) in [7, 11) is 0. The molecular weight excluding hydrogens is 218 g/mol. The molecule has 0 aromatic heterocycles. The summed E-state index contributed by atoms with van der Waals surface area (Å²) >= 11 is 0. The molecule has 0 spiro atoms. The van der Waals surface area contributed by atoms with Gasteiger partial charge in [0.15, 0.2) is 5.79 Å². The minimum atomic E-state index is -0.544. The zero-order chi connectivity index (χ0) is 12.7. The molecule has 0 unspecified atom stereocenters. The smallest absolute Gasteiger partial charge is 0.163 e. The van der Waals surface area contributed by atoms with Gasteiger partial charge in [-0.3, -0.25) is 0 Å². The van der Waals surface area contributed by atoms with Crippen LogP contribution in [0.15, 0.2) is 5.11 Å². The molecule has 0 aromatic carbocycles. The lowest BCUT2D eigenvalue weighted by molar-refractivity contribution is -0.140. The van der Waals surface area contributed by atoms with Crippen LogP contribution in [0.25, 0.3) is 10.4 Å². The summed E-state index contributed by atoms with van der Waals surface area (Å²) in [5, 5.41) is 3.84. The van der Waals surface area contributed by atoms with Gasteiger partial charge in [-0.2, -0.15) is 0 Å². The van der Waals surface area contributed by atoms with Gasteiger partial charge in [0.05, 0.1) is 18.8 Å². The van der Waals surface area contributed by atoms with Crippen molar-refractivity contribution in [3.8, 4) is 0 Å². The maximum atomic E-state index is 8.59. The van der Waals surface area contributed by atoms with Crippen LogP contribution < -0.4 is 0 Å². The summed E-state index contributed by atoms with van der Waals surface area (Å²) in [6, 6.07) is -0.0985. The van der Waals surface area contributed by atoms with E-state index in [4.69, 9.17) is 15.0 Å². The number of hydrogen-bond acceptors (Lipinski definition) is 3. The summed E-state index contributed by atoms with van der Waals surface area (Å²) in [6.45, 7) is 6.47. The minimum absolute atomic E-state index is 0.0949. The molecule has 1 rings (SSSR count). The molecule has 0 N–H and O–H groups in total. The fourth-order valence-corrected chi connectivity index (χ4v) is 2.07. The summed E-state index contributed by atoms with van der Waals surface area (Å²) in [4.78, 5) is 2.92. The van der Waals surface area contributed by atoms with Crippen LogP contribution in [0.5, 0.6) is 0 Å². The van der Waals surface area contributed by atoms with Crippen molar-refractivity contribution in [1.29, 1.82) is 0 Å². The van der Waals surface area contributed by atoms with E-state index in [0.29, 0.717) is 6.61 Å². The second-order valence-corrected chi connectivity index (χ2v) is 4.99. The SMILES string of the molecule is CCCCCC[C@@H](N=[N+]=[N-])[C@@H]1COC(C)(C)O1. The first-order valence-electron chi connectivity index (χ1n) is 6.45. The van der Waals surface area contributed by atoms with Gasteiger partial charge in [-0.1, -0.05) is 37.7 Å². The van der Waals surface area contributed by atoms with E-state index in [0.717, 1.165) is 12.8 Å². The summed E-state index contributed by atoms with van der Waals surface area (Å²) in [5.41, 5.74) is 8.59. The summed E-state index contributed by atoms with van der Waals surface area (Å²) in [6.07, 6.45) is 5.50. The largest absolute Gasteiger partial charge is 0.348 e. The Morgan fingerprint density at radius 3 is 2.71 bits per heavy atom. The minimum Gasteiger partial charge on any atom is -0.348 e. The highest BCUT2D eigenvalue weighted by Gasteiger charge is 2.36. The Kier molecular flexibility index (Phi) is 5.75. The normalized spacial score (nSPS) is 24.3. The van der Waals surface area contributed by atoms with Crippen molar-refractivity contribution in [3.63, 3.8) is 0 Å². The first kappa shape index (κ1) is 14.3. The second-order valence-electron chi connectivity index (χ2n) is 4.99. The molecule has 2 atom stereocenters. The fourth-order valence-electron chi connectivity index (χ4n) is 2.07. The highest BCUT2D eigenvalue weighted by Crippen LogP contribution is 2.27. The highest BCUT2D eigenvalue weighted by molar-refractivity contribution is 4.83. The maximum absolute atomic E-state index is 8.59. The van der Waals surface area contributed by atoms with Gasteiger partial charge in [0, 0.05) is 4.91 Å². The lowest BCUT2D eigenvalue weighted by Crippen LogP contribution is -2.29. The van der Waals surface area contributed by atoms with E-state index in [1.165, 1.54) is 19.3 Å². The van der Waals surface area contributed by atoms with Crippen molar-refractivity contribution in [2.75, 3.05) is 6.61 Å². The van der Waals surface area contributed by atoms with Crippen LogP contribution in [-0.4, -0.2) is 24.5 Å². The molecule has 1 fully saturated rings. The van der Waals surface area contributed by atoms with Crippen molar-refractivity contribution in [3.05, 3.63) is 10.4 Å². The molecule has 0 radical (unpaired) electrons. The Labute approximate surface area is 103 Å². The van der Waals surface area contributed by atoms with Crippen LogP contribution in [0.3, 0.4) is 0 Å². The number of azide groups is 1. The molecule has 17 heavy (non-hydrogen) atoms. The molecule has 0 saturated carbocycles. The third-order valence-electron chi connectivity index (χ3n) is 3.01. The van der Waals surface area contributed by atoms with E-state index in [1.807, 2.05) is 13.8 Å². The van der Waals surface area contributed by atoms with Gasteiger partial charge in [-0.25, -0.2) is 0 Å². The van der Waals surface area contributed by atoms with Gasteiger partial charge in [-0.05, 0) is 25.8 Å². The summed E-state index contributed by atoms with van der Waals surface area (Å²) in [5.74, 6) is -0.544. The predicted octanol–water partition coefficient (Wildman–Crippen LogP) is 3.79. The van der Waals surface area contributed by atoms with Gasteiger partial charge in [0.25, 0.3) is 0 Å². The molecule has 0 aliphatic carbocycles. The van der Waals surface area contributed by atoms with Crippen LogP contribution in [0.2, 0.25) is 0 Å². The van der Waals surface area contributed by atoms with E-state index in [9.17, 15) is 0 Å². The molecule has 5 nitrogen and oxygen atoms in total. The standard InChI is InChI=1S/C12H23N3O2/c1-4-5-6-7-8-10(14-15-13)11-9-16-12(2,3)17-11/h10-11H,4-9H2,1-3H3/t10-,11+/m1/s1. The third kappa shape index (κ3) is 4.94. The van der Waals surface area contributed by atoms with Crippen molar-refractivity contribution in [2.45, 2.75) is 70.8 Å². The Bertz CT molecular complexity index is 275. The van der Waals surface area contributed by atoms with Crippen molar-refractivity contribution < 1.29 is 9.47 Å². The van der Waals surface area contributed by atoms with Gasteiger partial charge in [0.1, 0.15) is 0 Å². The molecule has 98 valence electrons. The van der Waals surface area contributed by atoms with E-state index < -0.39 is 5.79 Å². The Balaban J connectivity index is 2.41. The Morgan fingerprint density at radius 1 is 1.41 bits per heavy atom. The lowest BCUT2D eigenvalue weighted by atomic mass is 10.0. The Hall–Kier alpha value is -0.770. The molecule has 1 aliphatic heterocycles. The zero-order valence-electron chi connectivity index (χ0n) is 11.1. The number of hydrogen-bond donors (Lipinski definition) is 0. The molecular formula is C12H23N3O2. The van der Waals surface area contributed by atoms with Crippen molar-refractivity contribution >= 4 is 0 Å². The maximum Gasteiger partial charge on any atom is 0.163 e. The quantitative estimate of drug-likeness (QED) is 0.294. The first-order valence-corrected chi connectivity index (χ1v) is 6.45. The molecule has 1 aliphatic rings. The number of ether oxygens (including phenoxy) is 2. The van der Waals surface area contributed by atoms with Gasteiger partial charge < -0.3 is 9.47 Å². The van der Waals surface area contributed by atoms with Crippen LogP contribution in [0.4, 0.5) is 0 Å². The van der Waals surface area contributed by atoms with Crippen molar-refractivity contribution in [2.24, 2.45) is 5.11 Å². The monoisotopic (exact) mass is 241 g/mol. The lowest BCUT2D eigenvalue weighted by Gasteiger charge is -2.20. The van der Waals surface area contributed by atoms with E-state index in [2.05, 4.69) is 16.9 Å². The zero-order valence-corrected chi connectivity index (χ0v) is 11.1. The second kappa shape index (κ2) is 6.84. The number of unbranched alkanes of at least 4 members (excludes halogenated alkanes) is 3. The van der Waals surface area contributed by atoms with Crippen LogP contribution in [-0.2, 0) is 9.47 Å². The van der Waals surface area contributed by atoms with Gasteiger partial charge in [-0.15, -0.1) is 0 Å². The highest BCUT2D eigenvalue weighted by atomic mass is 16.7. The summed E-state index contributed by atoms with van der Waals surface area (Å²) < 4.78 is 11.2. The molecule has 0 bridgehead atoms. The van der Waals surface area contributed by atoms with Crippen LogP contribution >= 0.6 is 0 Å². The first-order chi connectivity index (χ1) is 8.09. The number of rotatable bonds is 7. The molecule has 0 aromatic rings. The Morgan fingerprint density at radius 2 is 2.18 bits per heavy atom. The van der Waals surface area contributed by atoms with E-state index in [1.54, 1.807) is 0 Å². The third-order valence-corrected chi connectivity index (χ3v) is 3.01. The topological polar surface area (TPSA) is 67.2 Å².